The maximum atomic E-state index is 13.5. The number of rotatable bonds is 10. The van der Waals surface area contributed by atoms with Crippen LogP contribution < -0.4 is 10.1 Å². The van der Waals surface area contributed by atoms with Gasteiger partial charge in [-0.05, 0) is 56.2 Å². The molecular formula is C28H30Cl2N2O3. The summed E-state index contributed by atoms with van der Waals surface area (Å²) in [5.41, 5.74) is 2.72. The van der Waals surface area contributed by atoms with Crippen molar-refractivity contribution in [3.05, 3.63) is 99.5 Å². The smallest absolute Gasteiger partial charge is 0.261 e. The van der Waals surface area contributed by atoms with Gasteiger partial charge in [-0.1, -0.05) is 77.3 Å². The highest BCUT2D eigenvalue weighted by Gasteiger charge is 2.31. The van der Waals surface area contributed by atoms with Crippen molar-refractivity contribution in [1.82, 2.24) is 10.2 Å². The van der Waals surface area contributed by atoms with Crippen molar-refractivity contribution in [1.29, 1.82) is 0 Å². The minimum atomic E-state index is -0.763. The summed E-state index contributed by atoms with van der Waals surface area (Å²) in [5.74, 6) is 0.0220. The highest BCUT2D eigenvalue weighted by Crippen LogP contribution is 2.24. The molecule has 1 atom stereocenters. The first-order valence-corrected chi connectivity index (χ1v) is 12.3. The second-order valence-electron chi connectivity index (χ2n) is 8.73. The van der Waals surface area contributed by atoms with Crippen molar-refractivity contribution in [2.45, 2.75) is 45.8 Å². The van der Waals surface area contributed by atoms with Crippen LogP contribution in [-0.2, 0) is 22.6 Å². The Hall–Kier alpha value is -3.02. The first-order chi connectivity index (χ1) is 16.7. The largest absolute Gasteiger partial charge is 0.484 e. The lowest BCUT2D eigenvalue weighted by molar-refractivity contribution is -0.143. The molecule has 3 rings (SSSR count). The molecule has 0 saturated heterocycles. The maximum Gasteiger partial charge on any atom is 0.261 e. The second kappa shape index (κ2) is 12.6. The molecule has 0 aliphatic rings. The molecule has 0 bridgehead atoms. The molecule has 35 heavy (non-hydrogen) atoms. The number of nitrogens with zero attached hydrogens (tertiary/aromatic N) is 1. The first-order valence-electron chi connectivity index (χ1n) is 11.5. The summed E-state index contributed by atoms with van der Waals surface area (Å²) >= 11 is 12.5. The molecule has 0 radical (unpaired) electrons. The lowest BCUT2D eigenvalue weighted by Crippen LogP contribution is -2.52. The highest BCUT2D eigenvalue weighted by atomic mass is 35.5. The molecule has 3 aromatic carbocycles. The third kappa shape index (κ3) is 8.01. The summed E-state index contributed by atoms with van der Waals surface area (Å²) in [4.78, 5) is 28.4. The SMILES string of the molecule is Cc1ccc(OCC(=O)N(Cc2ccc(Cl)cc2Cl)C(Cc2ccccc2)C(=O)NC(C)C)cc1. The predicted octanol–water partition coefficient (Wildman–Crippen LogP) is 5.85. The first kappa shape index (κ1) is 26.6. The van der Waals surface area contributed by atoms with Gasteiger partial charge in [0.2, 0.25) is 5.91 Å². The van der Waals surface area contributed by atoms with Crippen molar-refractivity contribution in [2.75, 3.05) is 6.61 Å². The van der Waals surface area contributed by atoms with E-state index in [0.717, 1.165) is 11.1 Å². The van der Waals surface area contributed by atoms with Crippen molar-refractivity contribution in [3.63, 3.8) is 0 Å². The van der Waals surface area contributed by atoms with Gasteiger partial charge in [0.25, 0.3) is 5.91 Å². The molecule has 0 fully saturated rings. The summed E-state index contributed by atoms with van der Waals surface area (Å²) in [7, 11) is 0. The minimum absolute atomic E-state index is 0.0827. The van der Waals surface area contributed by atoms with E-state index in [1.165, 1.54) is 4.90 Å². The molecule has 0 saturated carbocycles. The van der Waals surface area contributed by atoms with Crippen LogP contribution in [0.4, 0.5) is 0 Å². The van der Waals surface area contributed by atoms with Crippen LogP contribution in [-0.4, -0.2) is 35.4 Å². The van der Waals surface area contributed by atoms with Gasteiger partial charge in [-0.2, -0.15) is 0 Å². The number of hydrogen-bond donors (Lipinski definition) is 1. The third-order valence-corrected chi connectivity index (χ3v) is 6.03. The van der Waals surface area contributed by atoms with Gasteiger partial charge in [-0.15, -0.1) is 0 Å². The Morgan fingerprint density at radius 3 is 2.29 bits per heavy atom. The number of nitrogens with one attached hydrogen (secondary N) is 1. The van der Waals surface area contributed by atoms with Gasteiger partial charge >= 0.3 is 0 Å². The number of amides is 2. The Morgan fingerprint density at radius 1 is 0.971 bits per heavy atom. The number of carbonyl (C=O) groups is 2. The van der Waals surface area contributed by atoms with Gasteiger partial charge in [-0.3, -0.25) is 9.59 Å². The summed E-state index contributed by atoms with van der Waals surface area (Å²) in [6.07, 6.45) is 0.348. The topological polar surface area (TPSA) is 58.6 Å². The van der Waals surface area contributed by atoms with Crippen LogP contribution in [0.25, 0.3) is 0 Å². The van der Waals surface area contributed by atoms with Gasteiger partial charge < -0.3 is 15.0 Å². The number of hydrogen-bond acceptors (Lipinski definition) is 3. The predicted molar refractivity (Wildman–Crippen MR) is 141 cm³/mol. The van der Waals surface area contributed by atoms with Crippen LogP contribution in [0.3, 0.4) is 0 Å². The van der Waals surface area contributed by atoms with Gasteiger partial charge in [-0.25, -0.2) is 0 Å². The van der Waals surface area contributed by atoms with Crippen LogP contribution in [0.15, 0.2) is 72.8 Å². The van der Waals surface area contributed by atoms with Crippen LogP contribution in [0.2, 0.25) is 10.0 Å². The Bertz CT molecular complexity index is 1130. The average Bonchev–Trinajstić information content (AvgIpc) is 2.82. The van der Waals surface area contributed by atoms with Crippen LogP contribution in [0, 0.1) is 6.92 Å². The molecule has 3 aromatic rings. The van der Waals surface area contributed by atoms with Crippen LogP contribution in [0.5, 0.6) is 5.75 Å². The number of halogens is 2. The molecular weight excluding hydrogens is 483 g/mol. The third-order valence-electron chi connectivity index (χ3n) is 5.44. The van der Waals surface area contributed by atoms with Gasteiger partial charge in [0.05, 0.1) is 0 Å². The fourth-order valence-corrected chi connectivity index (χ4v) is 4.10. The summed E-state index contributed by atoms with van der Waals surface area (Å²) < 4.78 is 5.78. The molecule has 0 aliphatic heterocycles. The monoisotopic (exact) mass is 512 g/mol. The van der Waals surface area contributed by atoms with E-state index in [4.69, 9.17) is 27.9 Å². The summed E-state index contributed by atoms with van der Waals surface area (Å²) in [6.45, 7) is 5.68. The van der Waals surface area contributed by atoms with E-state index < -0.39 is 6.04 Å². The van der Waals surface area contributed by atoms with Gasteiger partial charge in [0, 0.05) is 29.1 Å². The van der Waals surface area contributed by atoms with Crippen LogP contribution in [0.1, 0.15) is 30.5 Å². The van der Waals surface area contributed by atoms with E-state index in [1.54, 1.807) is 18.2 Å². The molecule has 5 nitrogen and oxygen atoms in total. The van der Waals surface area contributed by atoms with E-state index in [0.29, 0.717) is 27.8 Å². The van der Waals surface area contributed by atoms with E-state index in [9.17, 15) is 9.59 Å². The van der Waals surface area contributed by atoms with Crippen molar-refractivity contribution >= 4 is 35.0 Å². The number of benzene rings is 3. The standard InChI is InChI=1S/C28H30Cl2N2O3/c1-19(2)31-28(34)26(15-21-7-5-4-6-8-21)32(17-22-11-12-23(29)16-25(22)30)27(33)18-35-24-13-9-20(3)10-14-24/h4-14,16,19,26H,15,17-18H2,1-3H3,(H,31,34). The van der Waals surface area contributed by atoms with E-state index in [1.807, 2.05) is 75.4 Å². The molecule has 1 unspecified atom stereocenters. The Labute approximate surface area is 217 Å². The number of aryl methyl sites for hydroxylation is 1. The lowest BCUT2D eigenvalue weighted by atomic mass is 10.0. The fraction of sp³-hybridized carbons (Fsp3) is 0.286. The van der Waals surface area contributed by atoms with E-state index in [-0.39, 0.29) is 31.0 Å². The van der Waals surface area contributed by atoms with Gasteiger partial charge in [0.1, 0.15) is 11.8 Å². The fourth-order valence-electron chi connectivity index (χ4n) is 3.63. The van der Waals surface area contributed by atoms with Crippen molar-refractivity contribution in [3.8, 4) is 5.75 Å². The Morgan fingerprint density at radius 2 is 1.66 bits per heavy atom. The minimum Gasteiger partial charge on any atom is -0.484 e. The zero-order valence-electron chi connectivity index (χ0n) is 20.1. The molecule has 2 amide bonds. The maximum absolute atomic E-state index is 13.5. The average molecular weight is 513 g/mol. The summed E-state index contributed by atoms with van der Waals surface area (Å²) in [5, 5.41) is 3.89. The molecule has 0 heterocycles. The Balaban J connectivity index is 1.93. The second-order valence-corrected chi connectivity index (χ2v) is 9.57. The molecule has 1 N–H and O–H groups in total. The zero-order chi connectivity index (χ0) is 25.4. The van der Waals surface area contributed by atoms with Crippen molar-refractivity contribution < 1.29 is 14.3 Å². The Kier molecular flexibility index (Phi) is 9.58. The molecule has 0 aromatic heterocycles. The quantitative estimate of drug-likeness (QED) is 0.370. The van der Waals surface area contributed by atoms with E-state index >= 15 is 0 Å². The normalized spacial score (nSPS) is 11.7. The zero-order valence-corrected chi connectivity index (χ0v) is 21.6. The van der Waals surface area contributed by atoms with Gasteiger partial charge in [0.15, 0.2) is 6.61 Å². The highest BCUT2D eigenvalue weighted by molar-refractivity contribution is 6.35. The number of ether oxygens (including phenoxy) is 1. The molecule has 0 aliphatic carbocycles. The van der Waals surface area contributed by atoms with E-state index in [2.05, 4.69) is 5.32 Å². The summed E-state index contributed by atoms with van der Waals surface area (Å²) in [6, 6.07) is 21.4. The van der Waals surface area contributed by atoms with Crippen LogP contribution >= 0.6 is 23.2 Å². The molecule has 7 heteroatoms. The van der Waals surface area contributed by atoms with Crippen molar-refractivity contribution in [2.24, 2.45) is 0 Å². The molecule has 184 valence electrons. The number of carbonyl (C=O) groups excluding carboxylic acids is 2. The lowest BCUT2D eigenvalue weighted by Gasteiger charge is -2.32. The molecule has 0 spiro atoms.